The van der Waals surface area contributed by atoms with E-state index >= 15 is 0 Å². The number of nitrogens with zero attached hydrogens (tertiary/aromatic N) is 1. The number of carbonyl (C=O) groups is 2. The molecule has 0 bridgehead atoms. The van der Waals surface area contributed by atoms with Crippen LogP contribution >= 0.6 is 11.6 Å². The van der Waals surface area contributed by atoms with Crippen molar-refractivity contribution in [3.8, 4) is 0 Å². The SMILES string of the molecule is O=C(O)/C=C1/N=C(c2ccc(Cl)cc2)OC1=O. The Morgan fingerprint density at radius 3 is 2.59 bits per heavy atom. The van der Waals surface area contributed by atoms with Gasteiger partial charge in [0.2, 0.25) is 5.90 Å². The van der Waals surface area contributed by atoms with Gasteiger partial charge in [0, 0.05) is 10.6 Å². The number of hydrogen-bond donors (Lipinski definition) is 1. The Hall–Kier alpha value is -2.14. The third-order valence-corrected chi connectivity index (χ3v) is 2.22. The molecule has 0 amide bonds. The van der Waals surface area contributed by atoms with E-state index in [1.807, 2.05) is 0 Å². The minimum atomic E-state index is -1.25. The Morgan fingerprint density at radius 2 is 2.00 bits per heavy atom. The molecule has 2 rings (SSSR count). The molecule has 1 N–H and O–H groups in total. The number of esters is 1. The van der Waals surface area contributed by atoms with E-state index < -0.39 is 11.9 Å². The first-order valence-electron chi connectivity index (χ1n) is 4.58. The van der Waals surface area contributed by atoms with Crippen LogP contribution in [-0.4, -0.2) is 22.9 Å². The van der Waals surface area contributed by atoms with Gasteiger partial charge in [-0.3, -0.25) is 0 Å². The van der Waals surface area contributed by atoms with E-state index in [4.69, 9.17) is 21.4 Å². The van der Waals surface area contributed by atoms with Gasteiger partial charge < -0.3 is 9.84 Å². The smallest absolute Gasteiger partial charge is 0.364 e. The van der Waals surface area contributed by atoms with E-state index in [-0.39, 0.29) is 11.6 Å². The summed E-state index contributed by atoms with van der Waals surface area (Å²) in [7, 11) is 0. The second kappa shape index (κ2) is 4.39. The molecule has 0 fully saturated rings. The van der Waals surface area contributed by atoms with Gasteiger partial charge in [0.05, 0.1) is 6.08 Å². The highest BCUT2D eigenvalue weighted by Crippen LogP contribution is 2.17. The van der Waals surface area contributed by atoms with Crippen molar-refractivity contribution in [1.82, 2.24) is 0 Å². The van der Waals surface area contributed by atoms with E-state index in [9.17, 15) is 9.59 Å². The molecule has 0 spiro atoms. The first-order valence-corrected chi connectivity index (χ1v) is 4.95. The summed E-state index contributed by atoms with van der Waals surface area (Å²) in [4.78, 5) is 25.5. The number of carboxylic acids is 1. The van der Waals surface area contributed by atoms with Crippen molar-refractivity contribution >= 4 is 29.4 Å². The fourth-order valence-electron chi connectivity index (χ4n) is 1.24. The predicted octanol–water partition coefficient (Wildman–Crippen LogP) is 1.61. The molecule has 1 aromatic carbocycles. The molecule has 0 atom stereocenters. The Balaban J connectivity index is 2.33. The Morgan fingerprint density at radius 1 is 1.35 bits per heavy atom. The third kappa shape index (κ3) is 2.51. The van der Waals surface area contributed by atoms with Crippen LogP contribution in [0.5, 0.6) is 0 Å². The van der Waals surface area contributed by atoms with Gasteiger partial charge in [-0.15, -0.1) is 0 Å². The van der Waals surface area contributed by atoms with Gasteiger partial charge in [-0.2, -0.15) is 0 Å². The lowest BCUT2D eigenvalue weighted by molar-refractivity contribution is -0.133. The lowest BCUT2D eigenvalue weighted by Gasteiger charge is -1.98. The molecule has 5 nitrogen and oxygen atoms in total. The molecule has 1 aliphatic heterocycles. The van der Waals surface area contributed by atoms with Crippen LogP contribution in [0.25, 0.3) is 0 Å². The molecule has 0 saturated carbocycles. The molecule has 17 heavy (non-hydrogen) atoms. The van der Waals surface area contributed by atoms with Crippen LogP contribution in [0, 0.1) is 0 Å². The average molecular weight is 252 g/mol. The number of carboxylic acid groups (broad SMARTS) is 1. The molecule has 1 aromatic rings. The number of aliphatic carboxylic acids is 1. The molecule has 0 radical (unpaired) electrons. The van der Waals surface area contributed by atoms with Gasteiger partial charge in [-0.25, -0.2) is 14.6 Å². The fourth-order valence-corrected chi connectivity index (χ4v) is 1.37. The molecule has 6 heteroatoms. The Labute approximate surface area is 101 Å². The average Bonchev–Trinajstić information content (AvgIpc) is 2.60. The zero-order chi connectivity index (χ0) is 12.4. The summed E-state index contributed by atoms with van der Waals surface area (Å²) in [6.45, 7) is 0. The van der Waals surface area contributed by atoms with Gasteiger partial charge in [-0.05, 0) is 24.3 Å². The molecule has 1 aliphatic rings. The second-order valence-corrected chi connectivity index (χ2v) is 3.62. The minimum Gasteiger partial charge on any atom is -0.478 e. The number of benzene rings is 1. The van der Waals surface area contributed by atoms with Crippen LogP contribution < -0.4 is 0 Å². The highest BCUT2D eigenvalue weighted by atomic mass is 35.5. The molecule has 0 aliphatic carbocycles. The summed E-state index contributed by atoms with van der Waals surface area (Å²) in [5.74, 6) is -1.96. The van der Waals surface area contributed by atoms with Gasteiger partial charge in [0.15, 0.2) is 5.70 Å². The third-order valence-electron chi connectivity index (χ3n) is 1.97. The number of hydrogen-bond acceptors (Lipinski definition) is 4. The highest BCUT2D eigenvalue weighted by Gasteiger charge is 2.24. The summed E-state index contributed by atoms with van der Waals surface area (Å²) in [5.41, 5.74) is 0.319. The number of halogens is 1. The first-order chi connectivity index (χ1) is 8.06. The summed E-state index contributed by atoms with van der Waals surface area (Å²) in [6, 6.07) is 6.48. The van der Waals surface area contributed by atoms with Crippen molar-refractivity contribution in [2.24, 2.45) is 4.99 Å². The number of carbonyl (C=O) groups excluding carboxylic acids is 1. The van der Waals surface area contributed by atoms with Gasteiger partial charge >= 0.3 is 11.9 Å². The van der Waals surface area contributed by atoms with Crippen LogP contribution in [0.3, 0.4) is 0 Å². The molecule has 0 unspecified atom stereocenters. The topological polar surface area (TPSA) is 76.0 Å². The quantitative estimate of drug-likeness (QED) is 0.640. The van der Waals surface area contributed by atoms with Crippen molar-refractivity contribution in [2.75, 3.05) is 0 Å². The molecule has 0 aromatic heterocycles. The van der Waals surface area contributed by atoms with E-state index in [0.29, 0.717) is 16.7 Å². The summed E-state index contributed by atoms with van der Waals surface area (Å²) < 4.78 is 4.84. The zero-order valence-electron chi connectivity index (χ0n) is 8.38. The maximum Gasteiger partial charge on any atom is 0.364 e. The first kappa shape index (κ1) is 11.3. The van der Waals surface area contributed by atoms with E-state index in [1.54, 1.807) is 24.3 Å². The van der Waals surface area contributed by atoms with E-state index in [1.165, 1.54) is 0 Å². The number of cyclic esters (lactones) is 1. The highest BCUT2D eigenvalue weighted by molar-refractivity contribution is 6.30. The normalized spacial score (nSPS) is 16.9. The van der Waals surface area contributed by atoms with Crippen LogP contribution in [0.4, 0.5) is 0 Å². The lowest BCUT2D eigenvalue weighted by Crippen LogP contribution is -2.05. The van der Waals surface area contributed by atoms with Crippen LogP contribution in [-0.2, 0) is 14.3 Å². The van der Waals surface area contributed by atoms with Crippen molar-refractivity contribution in [3.63, 3.8) is 0 Å². The van der Waals surface area contributed by atoms with E-state index in [0.717, 1.165) is 0 Å². The molecule has 0 saturated heterocycles. The summed E-state index contributed by atoms with van der Waals surface area (Å²) in [5, 5.41) is 9.06. The van der Waals surface area contributed by atoms with Crippen LogP contribution in [0.2, 0.25) is 5.02 Å². The Kier molecular flexibility index (Phi) is 2.93. The largest absolute Gasteiger partial charge is 0.478 e. The molecular weight excluding hydrogens is 246 g/mol. The summed E-state index contributed by atoms with van der Waals surface area (Å²) >= 11 is 5.71. The van der Waals surface area contributed by atoms with Crippen molar-refractivity contribution < 1.29 is 19.4 Å². The number of rotatable bonds is 2. The summed E-state index contributed by atoms with van der Waals surface area (Å²) in [6.07, 6.45) is 0.700. The van der Waals surface area contributed by atoms with Crippen molar-refractivity contribution in [1.29, 1.82) is 0 Å². The standard InChI is InChI=1S/C11H6ClNO4/c12-7-3-1-6(2-4-7)10-13-8(5-9(14)15)11(16)17-10/h1-5H,(H,14,15)/b8-5+. The van der Waals surface area contributed by atoms with Gasteiger partial charge in [0.1, 0.15) is 0 Å². The molecular formula is C11H6ClNO4. The van der Waals surface area contributed by atoms with Crippen molar-refractivity contribution in [3.05, 3.63) is 46.6 Å². The van der Waals surface area contributed by atoms with Crippen molar-refractivity contribution in [2.45, 2.75) is 0 Å². The molecule has 1 heterocycles. The molecule has 86 valence electrons. The number of ether oxygens (including phenoxy) is 1. The van der Waals surface area contributed by atoms with E-state index in [2.05, 4.69) is 4.99 Å². The second-order valence-electron chi connectivity index (χ2n) is 3.18. The monoisotopic (exact) mass is 251 g/mol. The van der Waals surface area contributed by atoms with Crippen LogP contribution in [0.1, 0.15) is 5.56 Å². The predicted molar refractivity (Wildman–Crippen MR) is 59.8 cm³/mol. The van der Waals surface area contributed by atoms with Gasteiger partial charge in [-0.1, -0.05) is 11.6 Å². The lowest BCUT2D eigenvalue weighted by atomic mass is 10.2. The maximum atomic E-state index is 11.3. The number of aliphatic imine (C=N–C) groups is 1. The minimum absolute atomic E-state index is 0.0687. The Bertz CT molecular complexity index is 545. The van der Waals surface area contributed by atoms with Gasteiger partial charge in [0.25, 0.3) is 0 Å². The fraction of sp³-hybridized carbons (Fsp3) is 0. The maximum absolute atomic E-state index is 11.3. The zero-order valence-corrected chi connectivity index (χ0v) is 9.14. The van der Waals surface area contributed by atoms with Crippen LogP contribution in [0.15, 0.2) is 41.0 Å².